The molecular formula is C27H26ClN3O3. The van der Waals surface area contributed by atoms with Crippen molar-refractivity contribution in [3.8, 4) is 0 Å². The van der Waals surface area contributed by atoms with Crippen molar-refractivity contribution in [2.75, 3.05) is 6.54 Å². The molecule has 1 saturated carbocycles. The minimum Gasteiger partial charge on any atom is -0.481 e. The zero-order valence-corrected chi connectivity index (χ0v) is 19.5. The Labute approximate surface area is 202 Å². The molecule has 7 heteroatoms. The maximum Gasteiger partial charge on any atom is 0.306 e. The number of nitrogens with zero attached hydrogens (tertiary/aromatic N) is 2. The van der Waals surface area contributed by atoms with Crippen molar-refractivity contribution in [1.82, 2.24) is 14.9 Å². The summed E-state index contributed by atoms with van der Waals surface area (Å²) >= 11 is 6.53. The lowest BCUT2D eigenvalue weighted by Gasteiger charge is -2.26. The van der Waals surface area contributed by atoms with Crippen LogP contribution >= 0.6 is 11.6 Å². The predicted molar refractivity (Wildman–Crippen MR) is 133 cm³/mol. The Morgan fingerprint density at radius 3 is 2.56 bits per heavy atom. The monoisotopic (exact) mass is 475 g/mol. The minimum atomic E-state index is -0.720. The molecule has 1 amide bonds. The molecule has 0 bridgehead atoms. The van der Waals surface area contributed by atoms with Crippen molar-refractivity contribution >= 4 is 45.2 Å². The Kier molecular flexibility index (Phi) is 6.24. The molecule has 5 rings (SSSR count). The van der Waals surface area contributed by atoms with Crippen LogP contribution in [-0.2, 0) is 11.3 Å². The molecule has 0 atom stereocenters. The average Bonchev–Trinajstić information content (AvgIpc) is 3.25. The third-order valence-corrected chi connectivity index (χ3v) is 7.19. The highest BCUT2D eigenvalue weighted by Crippen LogP contribution is 2.30. The summed E-state index contributed by atoms with van der Waals surface area (Å²) in [4.78, 5) is 29.0. The average molecular weight is 476 g/mol. The number of halogens is 1. The number of benzene rings is 2. The maximum atomic E-state index is 13.3. The first-order chi connectivity index (χ1) is 16.5. The van der Waals surface area contributed by atoms with Crippen molar-refractivity contribution in [1.29, 1.82) is 0 Å². The number of hydrogen-bond acceptors (Lipinski definition) is 3. The van der Waals surface area contributed by atoms with Gasteiger partial charge in [0.25, 0.3) is 5.91 Å². The number of carbonyl (C=O) groups is 2. The number of pyridine rings is 1. The first kappa shape index (κ1) is 22.4. The summed E-state index contributed by atoms with van der Waals surface area (Å²) in [5.41, 5.74) is 2.15. The number of nitrogens with one attached hydrogen (secondary N) is 1. The second kappa shape index (κ2) is 9.47. The van der Waals surface area contributed by atoms with E-state index in [0.29, 0.717) is 36.5 Å². The van der Waals surface area contributed by atoms with Gasteiger partial charge in [-0.2, -0.15) is 0 Å². The Morgan fingerprint density at radius 2 is 1.79 bits per heavy atom. The number of carbonyl (C=O) groups excluding carboxylic acids is 1. The van der Waals surface area contributed by atoms with Crippen molar-refractivity contribution in [3.63, 3.8) is 0 Å². The second-order valence-electron chi connectivity index (χ2n) is 9.09. The van der Waals surface area contributed by atoms with Crippen molar-refractivity contribution < 1.29 is 14.7 Å². The van der Waals surface area contributed by atoms with Crippen LogP contribution in [0, 0.1) is 11.8 Å². The predicted octanol–water partition coefficient (Wildman–Crippen LogP) is 5.51. The van der Waals surface area contributed by atoms with Gasteiger partial charge in [-0.3, -0.25) is 14.6 Å². The summed E-state index contributed by atoms with van der Waals surface area (Å²) in [7, 11) is 0. The second-order valence-corrected chi connectivity index (χ2v) is 9.50. The zero-order chi connectivity index (χ0) is 23.7. The van der Waals surface area contributed by atoms with Crippen LogP contribution < -0.4 is 5.32 Å². The maximum absolute atomic E-state index is 13.3. The van der Waals surface area contributed by atoms with Gasteiger partial charge >= 0.3 is 5.97 Å². The lowest BCUT2D eigenvalue weighted by molar-refractivity contribution is -0.143. The highest BCUT2D eigenvalue weighted by Gasteiger charge is 2.26. The molecule has 0 aliphatic heterocycles. The minimum absolute atomic E-state index is 0.206. The molecule has 1 aliphatic carbocycles. The number of carboxylic acid groups (broad SMARTS) is 1. The molecule has 6 nitrogen and oxygen atoms in total. The quantitative estimate of drug-likeness (QED) is 0.385. The Morgan fingerprint density at radius 1 is 1.03 bits per heavy atom. The molecule has 34 heavy (non-hydrogen) atoms. The van der Waals surface area contributed by atoms with Gasteiger partial charge in [0.05, 0.1) is 34.3 Å². The van der Waals surface area contributed by atoms with Crippen molar-refractivity contribution in [2.45, 2.75) is 32.2 Å². The summed E-state index contributed by atoms with van der Waals surface area (Å²) in [6.07, 6.45) is 6.76. The van der Waals surface area contributed by atoms with E-state index in [4.69, 9.17) is 11.6 Å². The number of rotatable bonds is 6. The molecule has 2 heterocycles. The topological polar surface area (TPSA) is 84.2 Å². The molecule has 0 saturated heterocycles. The SMILES string of the molecule is O=C(NC[C@H]1CC[C@H](C(=O)O)CC1)c1c(Cl)ccc2ccn(Cc3cc4ccccc4cn3)c12. The number of fused-ring (bicyclic) bond motifs is 2. The van der Waals surface area contributed by atoms with Gasteiger partial charge in [0, 0.05) is 29.7 Å². The molecule has 2 aromatic heterocycles. The van der Waals surface area contributed by atoms with Crippen LogP contribution in [0.25, 0.3) is 21.7 Å². The van der Waals surface area contributed by atoms with E-state index in [-0.39, 0.29) is 17.7 Å². The van der Waals surface area contributed by atoms with Crippen LogP contribution in [0.3, 0.4) is 0 Å². The van der Waals surface area contributed by atoms with E-state index in [9.17, 15) is 14.7 Å². The molecule has 2 N–H and O–H groups in total. The Bertz CT molecular complexity index is 1370. The standard InChI is InChI=1S/C27H26ClN3O3/c28-23-10-9-18-11-12-31(16-22-13-20-3-1-2-4-21(20)15-29-22)25(18)24(23)26(32)30-14-17-5-7-19(8-6-17)27(33)34/h1-4,9-13,15,17,19H,5-8,14,16H2,(H,30,32)(H,33,34)/t17-,19-. The smallest absolute Gasteiger partial charge is 0.306 e. The van der Waals surface area contributed by atoms with Gasteiger partial charge in [0.1, 0.15) is 0 Å². The van der Waals surface area contributed by atoms with Gasteiger partial charge < -0.3 is 15.0 Å². The van der Waals surface area contributed by atoms with Crippen LogP contribution in [0.1, 0.15) is 41.7 Å². The first-order valence-corrected chi connectivity index (χ1v) is 12.0. The van der Waals surface area contributed by atoms with Gasteiger partial charge in [0.15, 0.2) is 0 Å². The number of aromatic nitrogens is 2. The molecule has 174 valence electrons. The normalized spacial score (nSPS) is 18.3. The molecule has 0 spiro atoms. The van der Waals surface area contributed by atoms with Crippen LogP contribution in [0.4, 0.5) is 0 Å². The molecule has 1 fully saturated rings. The molecule has 2 aromatic carbocycles. The number of carboxylic acids is 1. The largest absolute Gasteiger partial charge is 0.481 e. The highest BCUT2D eigenvalue weighted by molar-refractivity contribution is 6.35. The molecule has 0 radical (unpaired) electrons. The highest BCUT2D eigenvalue weighted by atomic mass is 35.5. The van der Waals surface area contributed by atoms with Crippen molar-refractivity contribution in [2.24, 2.45) is 11.8 Å². The van der Waals surface area contributed by atoms with E-state index in [1.54, 1.807) is 6.07 Å². The molecule has 1 aliphatic rings. The van der Waals surface area contributed by atoms with Crippen LogP contribution in [0.15, 0.2) is 60.9 Å². The van der Waals surface area contributed by atoms with Gasteiger partial charge in [-0.15, -0.1) is 0 Å². The van der Waals surface area contributed by atoms with E-state index in [2.05, 4.69) is 22.4 Å². The Balaban J connectivity index is 1.37. The van der Waals surface area contributed by atoms with Crippen LogP contribution in [0.5, 0.6) is 0 Å². The molecule has 4 aromatic rings. The summed E-state index contributed by atoms with van der Waals surface area (Å²) in [6.45, 7) is 1.04. The van der Waals surface area contributed by atoms with E-state index < -0.39 is 5.97 Å². The fraction of sp³-hybridized carbons (Fsp3) is 0.296. The van der Waals surface area contributed by atoms with E-state index >= 15 is 0 Å². The van der Waals surface area contributed by atoms with E-state index in [0.717, 1.165) is 40.2 Å². The lowest BCUT2D eigenvalue weighted by Crippen LogP contribution is -2.32. The van der Waals surface area contributed by atoms with Crippen LogP contribution in [0.2, 0.25) is 5.02 Å². The third-order valence-electron chi connectivity index (χ3n) is 6.87. The number of amides is 1. The van der Waals surface area contributed by atoms with Crippen molar-refractivity contribution in [3.05, 3.63) is 77.2 Å². The summed E-state index contributed by atoms with van der Waals surface area (Å²) < 4.78 is 2.02. The van der Waals surface area contributed by atoms with E-state index in [1.807, 2.05) is 47.3 Å². The van der Waals surface area contributed by atoms with Gasteiger partial charge in [-0.05, 0) is 55.2 Å². The lowest BCUT2D eigenvalue weighted by atomic mass is 9.82. The number of hydrogen-bond donors (Lipinski definition) is 2. The van der Waals surface area contributed by atoms with Gasteiger partial charge in [0.2, 0.25) is 0 Å². The fourth-order valence-electron chi connectivity index (χ4n) is 4.95. The molecular weight excluding hydrogens is 450 g/mol. The number of aliphatic carboxylic acids is 1. The van der Waals surface area contributed by atoms with Gasteiger partial charge in [-0.25, -0.2) is 0 Å². The van der Waals surface area contributed by atoms with E-state index in [1.165, 1.54) is 0 Å². The fourth-order valence-corrected chi connectivity index (χ4v) is 5.19. The first-order valence-electron chi connectivity index (χ1n) is 11.6. The zero-order valence-electron chi connectivity index (χ0n) is 18.7. The van der Waals surface area contributed by atoms with Gasteiger partial charge in [-0.1, -0.05) is 41.9 Å². The third kappa shape index (κ3) is 4.50. The Hall–Kier alpha value is -3.38. The summed E-state index contributed by atoms with van der Waals surface area (Å²) in [5, 5.41) is 15.8. The summed E-state index contributed by atoms with van der Waals surface area (Å²) in [5.74, 6) is -0.904. The molecule has 0 unspecified atom stereocenters. The van der Waals surface area contributed by atoms with Crippen LogP contribution in [-0.4, -0.2) is 33.1 Å². The summed E-state index contributed by atoms with van der Waals surface area (Å²) in [6, 6.07) is 15.8.